The minimum absolute atomic E-state index is 0.306. The number of hydrogen-bond acceptors (Lipinski definition) is 4. The summed E-state index contributed by atoms with van der Waals surface area (Å²) in [4.78, 5) is 8.90. The van der Waals surface area contributed by atoms with Crippen molar-refractivity contribution in [3.8, 4) is 0 Å². The molecule has 19 heavy (non-hydrogen) atoms. The van der Waals surface area contributed by atoms with Gasteiger partial charge < -0.3 is 10.8 Å². The van der Waals surface area contributed by atoms with Crippen LogP contribution in [0.15, 0.2) is 0 Å². The van der Waals surface area contributed by atoms with E-state index in [1.54, 1.807) is 0 Å². The molecule has 1 fully saturated rings. The molecule has 0 atom stereocenters. The zero-order valence-corrected chi connectivity index (χ0v) is 11.3. The van der Waals surface area contributed by atoms with Crippen LogP contribution in [-0.2, 0) is 14.6 Å². The van der Waals surface area contributed by atoms with Crippen LogP contribution in [0.2, 0.25) is 0 Å². The average molecular weight is 305 g/mol. The maximum absolute atomic E-state index is 10.9. The fourth-order valence-electron chi connectivity index (χ4n) is 1.78. The maximum atomic E-state index is 10.9. The van der Waals surface area contributed by atoms with Crippen LogP contribution in [0.3, 0.4) is 0 Å². The standard InChI is InChI=1S/C8H17NO2S.C2HF3O2/c1-12(10,11)6-7-2-4-8(9)5-3-7;3-2(4,5)1(6)7/h7-8H,2-6,9H2,1H3;(H,6,7)/t7-,8-;. The molecule has 0 heterocycles. The summed E-state index contributed by atoms with van der Waals surface area (Å²) in [6.07, 6.45) is 0.157. The smallest absolute Gasteiger partial charge is 0.475 e. The second kappa shape index (κ2) is 7.09. The number of sulfone groups is 1. The Kier molecular flexibility index (Phi) is 6.78. The Balaban J connectivity index is 0.000000399. The van der Waals surface area contributed by atoms with E-state index in [0.29, 0.717) is 17.7 Å². The molecule has 1 aliphatic carbocycles. The minimum Gasteiger partial charge on any atom is -0.475 e. The van der Waals surface area contributed by atoms with Gasteiger partial charge in [0, 0.05) is 12.3 Å². The molecule has 0 aromatic carbocycles. The van der Waals surface area contributed by atoms with Gasteiger partial charge in [0.1, 0.15) is 9.84 Å². The van der Waals surface area contributed by atoms with Crippen LogP contribution in [0, 0.1) is 5.92 Å². The molecular formula is C10H18F3NO4S. The molecule has 0 spiro atoms. The molecular weight excluding hydrogens is 287 g/mol. The Morgan fingerprint density at radius 2 is 1.63 bits per heavy atom. The normalized spacial score (nSPS) is 24.3. The van der Waals surface area contributed by atoms with Crippen molar-refractivity contribution in [2.45, 2.75) is 37.9 Å². The fraction of sp³-hybridized carbons (Fsp3) is 0.900. The molecule has 1 aliphatic rings. The lowest BCUT2D eigenvalue weighted by molar-refractivity contribution is -0.192. The van der Waals surface area contributed by atoms with E-state index in [2.05, 4.69) is 0 Å². The molecule has 0 saturated heterocycles. The topological polar surface area (TPSA) is 97.5 Å². The summed E-state index contributed by atoms with van der Waals surface area (Å²) in [5, 5.41) is 7.12. The third-order valence-electron chi connectivity index (χ3n) is 2.67. The molecule has 0 radical (unpaired) electrons. The lowest BCUT2D eigenvalue weighted by Crippen LogP contribution is -2.29. The van der Waals surface area contributed by atoms with Crippen molar-refractivity contribution >= 4 is 15.8 Å². The van der Waals surface area contributed by atoms with Crippen molar-refractivity contribution < 1.29 is 31.5 Å². The number of rotatable bonds is 2. The molecule has 0 amide bonds. The first-order chi connectivity index (χ1) is 8.42. The van der Waals surface area contributed by atoms with Gasteiger partial charge in [-0.25, -0.2) is 13.2 Å². The highest BCUT2D eigenvalue weighted by molar-refractivity contribution is 7.90. The highest BCUT2D eigenvalue weighted by Gasteiger charge is 2.38. The molecule has 1 rings (SSSR count). The van der Waals surface area contributed by atoms with Gasteiger partial charge in [0.25, 0.3) is 0 Å². The van der Waals surface area contributed by atoms with Crippen molar-refractivity contribution in [2.24, 2.45) is 11.7 Å². The molecule has 0 bridgehead atoms. The number of halogens is 3. The summed E-state index contributed by atoms with van der Waals surface area (Å²) < 4.78 is 53.6. The Bertz CT molecular complexity index is 386. The Morgan fingerprint density at radius 1 is 1.26 bits per heavy atom. The molecule has 0 aliphatic heterocycles. The average Bonchev–Trinajstić information content (AvgIpc) is 2.19. The third-order valence-corrected chi connectivity index (χ3v) is 3.75. The second-order valence-electron chi connectivity index (χ2n) is 4.68. The van der Waals surface area contributed by atoms with E-state index < -0.39 is 22.0 Å². The molecule has 114 valence electrons. The van der Waals surface area contributed by atoms with Gasteiger partial charge in [-0.3, -0.25) is 0 Å². The minimum atomic E-state index is -5.08. The molecule has 0 aromatic rings. The monoisotopic (exact) mass is 305 g/mol. The van der Waals surface area contributed by atoms with E-state index in [9.17, 15) is 21.6 Å². The van der Waals surface area contributed by atoms with Gasteiger partial charge in [-0.05, 0) is 31.6 Å². The van der Waals surface area contributed by atoms with Crippen molar-refractivity contribution in [1.29, 1.82) is 0 Å². The van der Waals surface area contributed by atoms with E-state index >= 15 is 0 Å². The quantitative estimate of drug-likeness (QED) is 0.798. The number of alkyl halides is 3. The first-order valence-corrected chi connectivity index (χ1v) is 7.71. The SMILES string of the molecule is CS(=O)(=O)C[C@H]1CC[C@H](N)CC1.O=C(O)C(F)(F)F. The van der Waals surface area contributed by atoms with E-state index in [4.69, 9.17) is 15.6 Å². The van der Waals surface area contributed by atoms with Crippen molar-refractivity contribution in [3.05, 3.63) is 0 Å². The van der Waals surface area contributed by atoms with Crippen LogP contribution in [-0.4, -0.2) is 43.7 Å². The summed E-state index contributed by atoms with van der Waals surface area (Å²) in [5.41, 5.74) is 5.71. The number of carboxylic acids is 1. The van der Waals surface area contributed by atoms with Crippen LogP contribution >= 0.6 is 0 Å². The summed E-state index contributed by atoms with van der Waals surface area (Å²) in [6, 6.07) is 0.306. The van der Waals surface area contributed by atoms with E-state index in [1.807, 2.05) is 0 Å². The predicted octanol–water partition coefficient (Wildman–Crippen LogP) is 1.18. The van der Waals surface area contributed by atoms with Gasteiger partial charge in [-0.2, -0.15) is 13.2 Å². The van der Waals surface area contributed by atoms with Gasteiger partial charge in [-0.15, -0.1) is 0 Å². The van der Waals surface area contributed by atoms with Crippen LogP contribution in [0.25, 0.3) is 0 Å². The maximum Gasteiger partial charge on any atom is 0.490 e. The van der Waals surface area contributed by atoms with Crippen molar-refractivity contribution in [2.75, 3.05) is 12.0 Å². The van der Waals surface area contributed by atoms with Crippen LogP contribution in [0.4, 0.5) is 13.2 Å². The first-order valence-electron chi connectivity index (χ1n) is 5.65. The molecule has 0 aromatic heterocycles. The number of nitrogens with two attached hydrogens (primary N) is 1. The largest absolute Gasteiger partial charge is 0.490 e. The third kappa shape index (κ3) is 9.71. The zero-order valence-electron chi connectivity index (χ0n) is 10.5. The summed E-state index contributed by atoms with van der Waals surface area (Å²) in [5.74, 6) is -2.05. The lowest BCUT2D eigenvalue weighted by atomic mass is 9.88. The number of carbonyl (C=O) groups is 1. The van der Waals surface area contributed by atoms with Crippen LogP contribution in [0.1, 0.15) is 25.7 Å². The zero-order chi connectivity index (χ0) is 15.3. The van der Waals surface area contributed by atoms with Crippen LogP contribution in [0.5, 0.6) is 0 Å². The molecule has 0 unspecified atom stereocenters. The van der Waals surface area contributed by atoms with Gasteiger partial charge >= 0.3 is 12.1 Å². The summed E-state index contributed by atoms with van der Waals surface area (Å²) >= 11 is 0. The van der Waals surface area contributed by atoms with Gasteiger partial charge in [-0.1, -0.05) is 0 Å². The predicted molar refractivity (Wildman–Crippen MR) is 63.3 cm³/mol. The van der Waals surface area contributed by atoms with E-state index in [0.717, 1.165) is 25.7 Å². The van der Waals surface area contributed by atoms with Gasteiger partial charge in [0.05, 0.1) is 5.75 Å². The molecule has 9 heteroatoms. The van der Waals surface area contributed by atoms with Crippen molar-refractivity contribution in [3.63, 3.8) is 0 Å². The highest BCUT2D eigenvalue weighted by Crippen LogP contribution is 2.24. The van der Waals surface area contributed by atoms with E-state index in [-0.39, 0.29) is 0 Å². The number of carboxylic acid groups (broad SMARTS) is 1. The molecule has 3 N–H and O–H groups in total. The Morgan fingerprint density at radius 3 is 1.89 bits per heavy atom. The van der Waals surface area contributed by atoms with Crippen LogP contribution < -0.4 is 5.73 Å². The second-order valence-corrected chi connectivity index (χ2v) is 6.86. The summed E-state index contributed by atoms with van der Waals surface area (Å²) in [7, 11) is -2.78. The van der Waals surface area contributed by atoms with Gasteiger partial charge in [0.2, 0.25) is 0 Å². The Hall–Kier alpha value is -0.830. The number of aliphatic carboxylic acids is 1. The molecule has 5 nitrogen and oxygen atoms in total. The van der Waals surface area contributed by atoms with E-state index in [1.165, 1.54) is 6.26 Å². The number of hydrogen-bond donors (Lipinski definition) is 2. The first kappa shape index (κ1) is 18.2. The van der Waals surface area contributed by atoms with Gasteiger partial charge in [0.15, 0.2) is 0 Å². The Labute approximate surface area is 109 Å². The van der Waals surface area contributed by atoms with Crippen molar-refractivity contribution in [1.82, 2.24) is 0 Å². The highest BCUT2D eigenvalue weighted by atomic mass is 32.2. The summed E-state index contributed by atoms with van der Waals surface area (Å²) in [6.45, 7) is 0. The fourth-order valence-corrected chi connectivity index (χ4v) is 2.97. The lowest BCUT2D eigenvalue weighted by Gasteiger charge is -2.25. The molecule has 1 saturated carbocycles.